The van der Waals surface area contributed by atoms with Gasteiger partial charge in [0.1, 0.15) is 9.26 Å². The molecule has 0 aliphatic heterocycles. The predicted molar refractivity (Wildman–Crippen MR) is 81.6 cm³/mol. The maximum Gasteiger partial charge on any atom is 0.342 e. The molecule has 5 heteroatoms. The standard InChI is InChI=1S/C14H15IN2O2/c1-3-10-7-5-6-8-12(10)17-13(15)11(9-16-17)14(18)19-4-2/h5-9H,3-4H2,1-2H3. The van der Waals surface area contributed by atoms with Gasteiger partial charge in [-0.15, -0.1) is 0 Å². The number of aryl methyl sites for hydroxylation is 1. The highest BCUT2D eigenvalue weighted by Gasteiger charge is 2.18. The summed E-state index contributed by atoms with van der Waals surface area (Å²) in [4.78, 5) is 11.8. The summed E-state index contributed by atoms with van der Waals surface area (Å²) < 4.78 is 7.58. The summed E-state index contributed by atoms with van der Waals surface area (Å²) >= 11 is 2.13. The zero-order valence-electron chi connectivity index (χ0n) is 10.9. The van der Waals surface area contributed by atoms with E-state index in [1.807, 2.05) is 18.2 Å². The zero-order chi connectivity index (χ0) is 13.8. The van der Waals surface area contributed by atoms with Crippen LogP contribution in [0.3, 0.4) is 0 Å². The second kappa shape index (κ2) is 6.18. The minimum absolute atomic E-state index is 0.327. The highest BCUT2D eigenvalue weighted by atomic mass is 127. The fourth-order valence-corrected chi connectivity index (χ4v) is 2.61. The Labute approximate surface area is 125 Å². The van der Waals surface area contributed by atoms with Crippen molar-refractivity contribution in [1.29, 1.82) is 0 Å². The second-order valence-electron chi connectivity index (χ2n) is 3.96. The van der Waals surface area contributed by atoms with Crippen molar-refractivity contribution in [1.82, 2.24) is 9.78 Å². The lowest BCUT2D eigenvalue weighted by molar-refractivity contribution is 0.0525. The molecule has 1 heterocycles. The average Bonchev–Trinajstić information content (AvgIpc) is 2.80. The molecule has 0 saturated carbocycles. The molecule has 0 N–H and O–H groups in total. The summed E-state index contributed by atoms with van der Waals surface area (Å²) in [5.74, 6) is -0.327. The van der Waals surface area contributed by atoms with Crippen molar-refractivity contribution in [2.45, 2.75) is 20.3 Å². The van der Waals surface area contributed by atoms with Gasteiger partial charge in [0.15, 0.2) is 0 Å². The number of halogens is 1. The smallest absolute Gasteiger partial charge is 0.342 e. The Morgan fingerprint density at radius 1 is 1.37 bits per heavy atom. The van der Waals surface area contributed by atoms with Crippen LogP contribution in [-0.2, 0) is 11.2 Å². The minimum atomic E-state index is -0.327. The molecule has 100 valence electrons. The Morgan fingerprint density at radius 3 is 2.79 bits per heavy atom. The van der Waals surface area contributed by atoms with E-state index in [0.717, 1.165) is 15.8 Å². The Morgan fingerprint density at radius 2 is 2.11 bits per heavy atom. The van der Waals surface area contributed by atoms with Crippen LogP contribution >= 0.6 is 22.6 Å². The second-order valence-corrected chi connectivity index (χ2v) is 4.99. The number of carbonyl (C=O) groups is 1. The molecule has 0 unspecified atom stereocenters. The Hall–Kier alpha value is -1.37. The van der Waals surface area contributed by atoms with E-state index in [4.69, 9.17) is 4.74 Å². The number of carbonyl (C=O) groups excluding carboxylic acids is 1. The van der Waals surface area contributed by atoms with Crippen LogP contribution in [0.25, 0.3) is 5.69 Å². The summed E-state index contributed by atoms with van der Waals surface area (Å²) in [6.45, 7) is 4.26. The molecule has 1 aromatic heterocycles. The molecule has 2 aromatic rings. The molecule has 4 nitrogen and oxygen atoms in total. The monoisotopic (exact) mass is 370 g/mol. The number of nitrogens with zero attached hydrogens (tertiary/aromatic N) is 2. The average molecular weight is 370 g/mol. The van der Waals surface area contributed by atoms with E-state index >= 15 is 0 Å². The van der Waals surface area contributed by atoms with Crippen LogP contribution in [0.5, 0.6) is 0 Å². The number of esters is 1. The molecule has 2 rings (SSSR count). The molecule has 0 atom stereocenters. The number of hydrogen-bond acceptors (Lipinski definition) is 3. The number of para-hydroxylation sites is 1. The van der Waals surface area contributed by atoms with Crippen LogP contribution < -0.4 is 0 Å². The summed E-state index contributed by atoms with van der Waals surface area (Å²) in [6, 6.07) is 8.04. The molecular weight excluding hydrogens is 355 g/mol. The number of benzene rings is 1. The SMILES string of the molecule is CCOC(=O)c1cnn(-c2ccccc2CC)c1I. The van der Waals surface area contributed by atoms with Crippen LogP contribution in [0.4, 0.5) is 0 Å². The van der Waals surface area contributed by atoms with Crippen molar-refractivity contribution < 1.29 is 9.53 Å². The molecule has 0 aliphatic rings. The molecule has 0 radical (unpaired) electrons. The third-order valence-electron chi connectivity index (χ3n) is 2.81. The van der Waals surface area contributed by atoms with Gasteiger partial charge in [-0.25, -0.2) is 9.48 Å². The molecule has 0 fully saturated rings. The zero-order valence-corrected chi connectivity index (χ0v) is 13.0. The van der Waals surface area contributed by atoms with Crippen LogP contribution in [0, 0.1) is 3.70 Å². The van der Waals surface area contributed by atoms with Crippen LogP contribution in [0.2, 0.25) is 0 Å². The summed E-state index contributed by atoms with van der Waals surface area (Å²) in [6.07, 6.45) is 2.48. The fraction of sp³-hybridized carbons (Fsp3) is 0.286. The van der Waals surface area contributed by atoms with Crippen molar-refractivity contribution >= 4 is 28.6 Å². The normalized spacial score (nSPS) is 10.5. The lowest BCUT2D eigenvalue weighted by Gasteiger charge is -2.09. The van der Waals surface area contributed by atoms with Gasteiger partial charge in [-0.2, -0.15) is 5.10 Å². The third kappa shape index (κ3) is 2.80. The largest absolute Gasteiger partial charge is 0.462 e. The van der Waals surface area contributed by atoms with Crippen molar-refractivity contribution in [2.24, 2.45) is 0 Å². The molecule has 0 saturated heterocycles. The van der Waals surface area contributed by atoms with Gasteiger partial charge < -0.3 is 4.74 Å². The van der Waals surface area contributed by atoms with Crippen molar-refractivity contribution in [3.63, 3.8) is 0 Å². The molecular formula is C14H15IN2O2. The van der Waals surface area contributed by atoms with Gasteiger partial charge >= 0.3 is 5.97 Å². The number of hydrogen-bond donors (Lipinski definition) is 0. The highest BCUT2D eigenvalue weighted by Crippen LogP contribution is 2.21. The van der Waals surface area contributed by atoms with E-state index in [1.165, 1.54) is 5.56 Å². The van der Waals surface area contributed by atoms with Crippen molar-refractivity contribution in [2.75, 3.05) is 6.61 Å². The molecule has 0 aliphatic carbocycles. The molecule has 0 amide bonds. The molecule has 0 spiro atoms. The lowest BCUT2D eigenvalue weighted by Crippen LogP contribution is -2.08. The first-order valence-electron chi connectivity index (χ1n) is 6.18. The van der Waals surface area contributed by atoms with Crippen LogP contribution in [0.15, 0.2) is 30.5 Å². The molecule has 1 aromatic carbocycles. The number of aromatic nitrogens is 2. The van der Waals surface area contributed by atoms with E-state index < -0.39 is 0 Å². The molecule has 0 bridgehead atoms. The Kier molecular flexibility index (Phi) is 4.57. The van der Waals surface area contributed by atoms with Gasteiger partial charge in [0, 0.05) is 0 Å². The topological polar surface area (TPSA) is 44.1 Å². The van der Waals surface area contributed by atoms with Crippen LogP contribution in [-0.4, -0.2) is 22.4 Å². The van der Waals surface area contributed by atoms with Gasteiger partial charge in [-0.3, -0.25) is 0 Å². The maximum atomic E-state index is 11.8. The van der Waals surface area contributed by atoms with Gasteiger partial charge in [-0.1, -0.05) is 25.1 Å². The van der Waals surface area contributed by atoms with E-state index in [0.29, 0.717) is 12.2 Å². The van der Waals surface area contributed by atoms with E-state index in [-0.39, 0.29) is 5.97 Å². The number of ether oxygens (including phenoxy) is 1. The quantitative estimate of drug-likeness (QED) is 0.613. The van der Waals surface area contributed by atoms with Gasteiger partial charge in [0.25, 0.3) is 0 Å². The predicted octanol–water partition coefficient (Wildman–Crippen LogP) is 3.22. The summed E-state index contributed by atoms with van der Waals surface area (Å²) in [5, 5.41) is 4.31. The van der Waals surface area contributed by atoms with Gasteiger partial charge in [-0.05, 0) is 47.6 Å². The van der Waals surface area contributed by atoms with Crippen molar-refractivity contribution in [3.8, 4) is 5.69 Å². The maximum absolute atomic E-state index is 11.8. The van der Waals surface area contributed by atoms with E-state index in [2.05, 4.69) is 40.7 Å². The first-order valence-corrected chi connectivity index (χ1v) is 7.25. The van der Waals surface area contributed by atoms with Gasteiger partial charge in [0.05, 0.1) is 18.5 Å². The van der Waals surface area contributed by atoms with E-state index in [1.54, 1.807) is 17.8 Å². The van der Waals surface area contributed by atoms with E-state index in [9.17, 15) is 4.79 Å². The summed E-state index contributed by atoms with van der Waals surface area (Å²) in [7, 11) is 0. The van der Waals surface area contributed by atoms with Crippen molar-refractivity contribution in [3.05, 3.63) is 45.3 Å². The fourth-order valence-electron chi connectivity index (χ4n) is 1.86. The highest BCUT2D eigenvalue weighted by molar-refractivity contribution is 14.1. The third-order valence-corrected chi connectivity index (χ3v) is 3.84. The minimum Gasteiger partial charge on any atom is -0.462 e. The Bertz CT molecular complexity index is 593. The van der Waals surface area contributed by atoms with Gasteiger partial charge in [0.2, 0.25) is 0 Å². The number of rotatable bonds is 4. The Balaban J connectivity index is 2.44. The molecule has 19 heavy (non-hydrogen) atoms. The lowest BCUT2D eigenvalue weighted by atomic mass is 10.1. The first kappa shape index (κ1) is 14.0. The van der Waals surface area contributed by atoms with Crippen LogP contribution in [0.1, 0.15) is 29.8 Å². The summed E-state index contributed by atoms with van der Waals surface area (Å²) in [5.41, 5.74) is 2.71. The first-order chi connectivity index (χ1) is 9.19.